The summed E-state index contributed by atoms with van der Waals surface area (Å²) in [7, 11) is 0. The average molecular weight is 309 g/mol. The van der Waals surface area contributed by atoms with Gasteiger partial charge in [-0.3, -0.25) is 4.79 Å². The van der Waals surface area contributed by atoms with E-state index >= 15 is 0 Å². The summed E-state index contributed by atoms with van der Waals surface area (Å²) < 4.78 is 5.14. The standard InChI is InChI=1S/C14H19N3O3S/c1-9(8-18)10(2)15-12(19)5-6-13-16-14(17-20-13)11-4-3-7-21-11/h3-4,7,9-10,18H,5-6,8H2,1-2H3,(H,15,19). The van der Waals surface area contributed by atoms with Gasteiger partial charge in [0.1, 0.15) is 0 Å². The molecule has 2 aromatic rings. The van der Waals surface area contributed by atoms with E-state index in [2.05, 4.69) is 15.5 Å². The van der Waals surface area contributed by atoms with Crippen LogP contribution < -0.4 is 5.32 Å². The predicted molar refractivity (Wildman–Crippen MR) is 79.8 cm³/mol. The molecule has 0 bridgehead atoms. The summed E-state index contributed by atoms with van der Waals surface area (Å²) in [5, 5.41) is 17.7. The van der Waals surface area contributed by atoms with Crippen LogP contribution in [0.2, 0.25) is 0 Å². The Balaban J connectivity index is 1.82. The summed E-state index contributed by atoms with van der Waals surface area (Å²) in [6, 6.07) is 3.78. The second-order valence-corrected chi connectivity index (χ2v) is 5.95. The fourth-order valence-corrected chi connectivity index (χ4v) is 2.36. The molecule has 0 aliphatic rings. The lowest BCUT2D eigenvalue weighted by Gasteiger charge is -2.18. The van der Waals surface area contributed by atoms with Gasteiger partial charge in [-0.25, -0.2) is 0 Å². The zero-order valence-electron chi connectivity index (χ0n) is 12.1. The predicted octanol–water partition coefficient (Wildman–Crippen LogP) is 1.86. The molecule has 0 aliphatic carbocycles. The lowest BCUT2D eigenvalue weighted by atomic mass is 10.1. The van der Waals surface area contributed by atoms with Gasteiger partial charge in [-0.15, -0.1) is 11.3 Å². The molecule has 2 aromatic heterocycles. The number of hydrogen-bond acceptors (Lipinski definition) is 6. The summed E-state index contributed by atoms with van der Waals surface area (Å²) in [6.45, 7) is 3.81. The maximum absolute atomic E-state index is 11.8. The molecule has 0 radical (unpaired) electrons. The first-order valence-electron chi connectivity index (χ1n) is 6.87. The van der Waals surface area contributed by atoms with Gasteiger partial charge in [-0.1, -0.05) is 18.1 Å². The number of thiophene rings is 1. The largest absolute Gasteiger partial charge is 0.396 e. The van der Waals surface area contributed by atoms with Gasteiger partial charge in [0.2, 0.25) is 17.6 Å². The zero-order valence-corrected chi connectivity index (χ0v) is 12.9. The zero-order chi connectivity index (χ0) is 15.2. The van der Waals surface area contributed by atoms with Gasteiger partial charge >= 0.3 is 0 Å². The smallest absolute Gasteiger partial charge is 0.227 e. The van der Waals surface area contributed by atoms with Crippen LogP contribution in [0.25, 0.3) is 10.7 Å². The van der Waals surface area contributed by atoms with E-state index in [1.165, 1.54) is 11.3 Å². The van der Waals surface area contributed by atoms with Crippen LogP contribution in [0.3, 0.4) is 0 Å². The number of hydrogen-bond donors (Lipinski definition) is 2. The molecular formula is C14H19N3O3S. The number of aryl methyl sites for hydroxylation is 1. The Bertz CT molecular complexity index is 568. The third-order valence-electron chi connectivity index (χ3n) is 3.31. The van der Waals surface area contributed by atoms with Crippen molar-refractivity contribution in [1.82, 2.24) is 15.5 Å². The summed E-state index contributed by atoms with van der Waals surface area (Å²) >= 11 is 1.54. The van der Waals surface area contributed by atoms with Gasteiger partial charge in [0.25, 0.3) is 0 Å². The number of aromatic nitrogens is 2. The molecule has 2 heterocycles. The molecule has 2 unspecified atom stereocenters. The third-order valence-corrected chi connectivity index (χ3v) is 4.17. The number of carbonyl (C=O) groups is 1. The molecule has 0 aliphatic heterocycles. The van der Waals surface area contributed by atoms with E-state index in [9.17, 15) is 4.79 Å². The molecule has 0 aromatic carbocycles. The highest BCUT2D eigenvalue weighted by Gasteiger charge is 2.15. The number of aliphatic hydroxyl groups is 1. The summed E-state index contributed by atoms with van der Waals surface area (Å²) in [4.78, 5) is 17.0. The van der Waals surface area contributed by atoms with Gasteiger partial charge in [-0.05, 0) is 24.3 Å². The molecule has 114 valence electrons. The lowest BCUT2D eigenvalue weighted by molar-refractivity contribution is -0.122. The fraction of sp³-hybridized carbons (Fsp3) is 0.500. The van der Waals surface area contributed by atoms with Crippen molar-refractivity contribution in [2.75, 3.05) is 6.61 Å². The van der Waals surface area contributed by atoms with E-state index < -0.39 is 0 Å². The van der Waals surface area contributed by atoms with Crippen molar-refractivity contribution < 1.29 is 14.4 Å². The van der Waals surface area contributed by atoms with Gasteiger partial charge in [0, 0.05) is 25.5 Å². The van der Waals surface area contributed by atoms with Gasteiger partial charge in [0.05, 0.1) is 4.88 Å². The summed E-state index contributed by atoms with van der Waals surface area (Å²) in [6.07, 6.45) is 0.693. The Morgan fingerprint density at radius 3 is 3.00 bits per heavy atom. The molecule has 0 saturated heterocycles. The number of nitrogens with one attached hydrogen (secondary N) is 1. The van der Waals surface area contributed by atoms with Crippen molar-refractivity contribution in [2.45, 2.75) is 32.7 Å². The molecule has 6 nitrogen and oxygen atoms in total. The Labute approximate surface area is 127 Å². The van der Waals surface area contributed by atoms with Crippen molar-refractivity contribution in [3.63, 3.8) is 0 Å². The van der Waals surface area contributed by atoms with Gasteiger partial charge < -0.3 is 14.9 Å². The quantitative estimate of drug-likeness (QED) is 0.815. The molecule has 2 N–H and O–H groups in total. The molecule has 0 saturated carbocycles. The van der Waals surface area contributed by atoms with Crippen LogP contribution in [0.1, 0.15) is 26.2 Å². The number of nitrogens with zero attached hydrogens (tertiary/aromatic N) is 2. The highest BCUT2D eigenvalue weighted by atomic mass is 32.1. The number of aliphatic hydroxyl groups excluding tert-OH is 1. The fourth-order valence-electron chi connectivity index (χ4n) is 1.71. The normalized spacial score (nSPS) is 13.9. The Hall–Kier alpha value is -1.73. The van der Waals surface area contributed by atoms with Crippen LogP contribution in [0.15, 0.2) is 22.0 Å². The molecule has 2 atom stereocenters. The first-order chi connectivity index (χ1) is 10.1. The van der Waals surface area contributed by atoms with Crippen molar-refractivity contribution in [1.29, 1.82) is 0 Å². The number of carbonyl (C=O) groups excluding carboxylic acids is 1. The SMILES string of the molecule is CC(CO)C(C)NC(=O)CCc1nc(-c2cccs2)no1. The van der Waals surface area contributed by atoms with Crippen molar-refractivity contribution in [3.8, 4) is 10.7 Å². The van der Waals surface area contributed by atoms with E-state index in [1.807, 2.05) is 31.4 Å². The van der Waals surface area contributed by atoms with Crippen LogP contribution >= 0.6 is 11.3 Å². The maximum atomic E-state index is 11.8. The van der Waals surface area contributed by atoms with Crippen LogP contribution in [0.4, 0.5) is 0 Å². The molecule has 7 heteroatoms. The Morgan fingerprint density at radius 1 is 1.52 bits per heavy atom. The van der Waals surface area contributed by atoms with Crippen molar-refractivity contribution in [3.05, 3.63) is 23.4 Å². The second-order valence-electron chi connectivity index (χ2n) is 5.01. The van der Waals surface area contributed by atoms with E-state index in [0.717, 1.165) is 4.88 Å². The summed E-state index contributed by atoms with van der Waals surface area (Å²) in [5.41, 5.74) is 0. The maximum Gasteiger partial charge on any atom is 0.227 e. The molecule has 21 heavy (non-hydrogen) atoms. The van der Waals surface area contributed by atoms with Crippen molar-refractivity contribution in [2.24, 2.45) is 5.92 Å². The van der Waals surface area contributed by atoms with Crippen molar-refractivity contribution >= 4 is 17.2 Å². The van der Waals surface area contributed by atoms with Gasteiger partial charge in [0.15, 0.2) is 0 Å². The van der Waals surface area contributed by atoms with Gasteiger partial charge in [-0.2, -0.15) is 4.98 Å². The van der Waals surface area contributed by atoms with Crippen LogP contribution in [0, 0.1) is 5.92 Å². The van der Waals surface area contributed by atoms with Crippen LogP contribution in [-0.4, -0.2) is 33.8 Å². The monoisotopic (exact) mass is 309 g/mol. The van der Waals surface area contributed by atoms with E-state index in [4.69, 9.17) is 9.63 Å². The Kier molecular flexibility index (Phi) is 5.46. The molecule has 0 fully saturated rings. The second kappa shape index (κ2) is 7.33. The van der Waals surface area contributed by atoms with Crippen LogP contribution in [0.5, 0.6) is 0 Å². The Morgan fingerprint density at radius 2 is 2.33 bits per heavy atom. The number of rotatable bonds is 7. The molecule has 1 amide bonds. The highest BCUT2D eigenvalue weighted by Crippen LogP contribution is 2.21. The van der Waals surface area contributed by atoms with Crippen LogP contribution in [-0.2, 0) is 11.2 Å². The minimum absolute atomic E-state index is 0.0304. The van der Waals surface area contributed by atoms with E-state index in [0.29, 0.717) is 18.1 Å². The first-order valence-corrected chi connectivity index (χ1v) is 7.74. The van der Waals surface area contributed by atoms with E-state index in [-0.39, 0.29) is 30.9 Å². The molecule has 0 spiro atoms. The molecular weight excluding hydrogens is 290 g/mol. The van der Waals surface area contributed by atoms with E-state index in [1.54, 1.807) is 0 Å². The minimum atomic E-state index is -0.0846. The summed E-state index contributed by atoms with van der Waals surface area (Å²) in [5.74, 6) is 0.959. The third kappa shape index (κ3) is 4.37. The number of amides is 1. The highest BCUT2D eigenvalue weighted by molar-refractivity contribution is 7.13. The molecule has 2 rings (SSSR count). The average Bonchev–Trinajstić information content (AvgIpc) is 3.14. The first kappa shape index (κ1) is 15.7. The lowest BCUT2D eigenvalue weighted by Crippen LogP contribution is -2.38. The minimum Gasteiger partial charge on any atom is -0.396 e. The topological polar surface area (TPSA) is 88.2 Å².